The second-order valence-corrected chi connectivity index (χ2v) is 7.38. The van der Waals surface area contributed by atoms with Crippen molar-refractivity contribution >= 4 is 16.7 Å². The van der Waals surface area contributed by atoms with E-state index in [0.717, 1.165) is 11.3 Å². The Kier molecular flexibility index (Phi) is 6.34. The summed E-state index contributed by atoms with van der Waals surface area (Å²) in [6.45, 7) is 2.57. The molecule has 6 heteroatoms. The smallest absolute Gasteiger partial charge is 0.343 e. The van der Waals surface area contributed by atoms with E-state index in [4.69, 9.17) is 4.42 Å². The molecule has 6 nitrogen and oxygen atoms in total. The highest BCUT2D eigenvalue weighted by Gasteiger charge is 2.33. The molecule has 0 saturated carbocycles. The molecule has 2 atom stereocenters. The van der Waals surface area contributed by atoms with Crippen LogP contribution in [0.25, 0.3) is 11.0 Å². The maximum absolute atomic E-state index is 13.0. The third-order valence-corrected chi connectivity index (χ3v) is 5.08. The average Bonchev–Trinajstić information content (AvgIpc) is 2.70. The van der Waals surface area contributed by atoms with Crippen molar-refractivity contribution in [3.8, 4) is 5.75 Å². The van der Waals surface area contributed by atoms with Crippen molar-refractivity contribution < 1.29 is 9.52 Å². The van der Waals surface area contributed by atoms with Crippen LogP contribution in [0, 0.1) is 5.92 Å². The molecule has 0 fully saturated rings. The summed E-state index contributed by atoms with van der Waals surface area (Å²) in [4.78, 5) is 15.1. The molecule has 0 saturated heterocycles. The van der Waals surface area contributed by atoms with Crippen molar-refractivity contribution in [3.05, 3.63) is 76.1 Å². The van der Waals surface area contributed by atoms with Gasteiger partial charge in [-0.25, -0.2) is 4.79 Å². The molecule has 0 amide bonds. The summed E-state index contributed by atoms with van der Waals surface area (Å²) in [5.41, 5.74) is 4.69. The molecule has 1 aromatic heterocycles. The Morgan fingerprint density at radius 1 is 1.14 bits per heavy atom. The van der Waals surface area contributed by atoms with E-state index in [9.17, 15) is 9.90 Å². The molecule has 2 aromatic carbocycles. The molecule has 0 radical (unpaired) electrons. The summed E-state index contributed by atoms with van der Waals surface area (Å²) in [5, 5.41) is 16.0. The number of nitrogens with one attached hydrogen (secondary N) is 1. The Morgan fingerprint density at radius 2 is 1.79 bits per heavy atom. The quantitative estimate of drug-likeness (QED) is 0.365. The number of hydrogen-bond donors (Lipinski definition) is 2. The van der Waals surface area contributed by atoms with Crippen LogP contribution in [-0.2, 0) is 0 Å². The first-order valence-corrected chi connectivity index (χ1v) is 9.59. The van der Waals surface area contributed by atoms with Crippen LogP contribution in [0.2, 0.25) is 0 Å². The molecule has 3 rings (SSSR count). The van der Waals surface area contributed by atoms with E-state index in [1.807, 2.05) is 57.4 Å². The molecular formula is C23H27N3O3. The van der Waals surface area contributed by atoms with E-state index < -0.39 is 11.5 Å². The van der Waals surface area contributed by atoms with Crippen molar-refractivity contribution in [2.24, 2.45) is 11.0 Å². The minimum atomic E-state index is -0.531. The van der Waals surface area contributed by atoms with Crippen LogP contribution < -0.4 is 11.1 Å². The van der Waals surface area contributed by atoms with Gasteiger partial charge in [-0.3, -0.25) is 0 Å². The van der Waals surface area contributed by atoms with Crippen molar-refractivity contribution in [2.45, 2.75) is 12.8 Å². The zero-order valence-electron chi connectivity index (χ0n) is 17.2. The van der Waals surface area contributed by atoms with Gasteiger partial charge in [0.05, 0.1) is 10.9 Å². The molecule has 152 valence electrons. The first-order valence-electron chi connectivity index (χ1n) is 9.59. The number of rotatable bonds is 7. The first kappa shape index (κ1) is 20.6. The molecule has 3 aromatic rings. The highest BCUT2D eigenvalue weighted by molar-refractivity contribution is 5.88. The van der Waals surface area contributed by atoms with Gasteiger partial charge in [-0.15, -0.1) is 0 Å². The first-order chi connectivity index (χ1) is 13.9. The summed E-state index contributed by atoms with van der Waals surface area (Å²) in [6.07, 6.45) is 0. The fourth-order valence-corrected chi connectivity index (χ4v) is 3.81. The van der Waals surface area contributed by atoms with E-state index in [0.29, 0.717) is 17.5 Å². The van der Waals surface area contributed by atoms with Gasteiger partial charge in [0.1, 0.15) is 11.3 Å². The fourth-order valence-electron chi connectivity index (χ4n) is 3.81. The number of hydrogen-bond acceptors (Lipinski definition) is 6. The Bertz CT molecular complexity index is 1060. The number of hydrazone groups is 1. The van der Waals surface area contributed by atoms with Crippen molar-refractivity contribution in [1.29, 1.82) is 0 Å². The SMILES string of the molecule is CN/N=C(\C)C(CN(C)C)C(c1ccccc1)c1c(O)c2ccccc2oc1=O. The van der Waals surface area contributed by atoms with E-state index in [1.54, 1.807) is 25.2 Å². The summed E-state index contributed by atoms with van der Waals surface area (Å²) in [5.74, 6) is -0.613. The van der Waals surface area contributed by atoms with Crippen LogP contribution in [-0.4, -0.2) is 43.4 Å². The van der Waals surface area contributed by atoms with Gasteiger partial charge in [-0.1, -0.05) is 42.5 Å². The highest BCUT2D eigenvalue weighted by atomic mass is 16.4. The number of nitrogens with zero attached hydrogens (tertiary/aromatic N) is 2. The molecule has 0 aliphatic carbocycles. The van der Waals surface area contributed by atoms with Gasteiger partial charge in [0, 0.05) is 31.1 Å². The summed E-state index contributed by atoms with van der Waals surface area (Å²) in [6, 6.07) is 16.8. The fraction of sp³-hybridized carbons (Fsp3) is 0.304. The molecule has 29 heavy (non-hydrogen) atoms. The molecule has 2 unspecified atom stereocenters. The number of benzene rings is 2. The summed E-state index contributed by atoms with van der Waals surface area (Å²) >= 11 is 0. The van der Waals surface area contributed by atoms with Gasteiger partial charge in [0.2, 0.25) is 0 Å². The lowest BCUT2D eigenvalue weighted by molar-refractivity contribution is 0.345. The summed E-state index contributed by atoms with van der Waals surface area (Å²) in [7, 11) is 5.70. The second-order valence-electron chi connectivity index (χ2n) is 7.38. The van der Waals surface area contributed by atoms with E-state index in [1.165, 1.54) is 0 Å². The van der Waals surface area contributed by atoms with Crippen molar-refractivity contribution in [3.63, 3.8) is 0 Å². The normalized spacial score (nSPS) is 14.2. The minimum absolute atomic E-state index is 0.0354. The van der Waals surface area contributed by atoms with Crippen LogP contribution >= 0.6 is 0 Å². The van der Waals surface area contributed by atoms with E-state index in [2.05, 4.69) is 15.4 Å². The molecule has 0 bridgehead atoms. The Labute approximate surface area is 170 Å². The van der Waals surface area contributed by atoms with Crippen LogP contribution in [0.1, 0.15) is 24.0 Å². The van der Waals surface area contributed by atoms with Gasteiger partial charge >= 0.3 is 5.63 Å². The molecule has 1 heterocycles. The maximum atomic E-state index is 13.0. The van der Waals surface area contributed by atoms with Crippen molar-refractivity contribution in [1.82, 2.24) is 10.3 Å². The molecule has 2 N–H and O–H groups in total. The van der Waals surface area contributed by atoms with E-state index >= 15 is 0 Å². The zero-order chi connectivity index (χ0) is 21.0. The van der Waals surface area contributed by atoms with Gasteiger partial charge in [-0.05, 0) is 38.7 Å². The molecule has 0 spiro atoms. The number of fused-ring (bicyclic) bond motifs is 1. The lowest BCUT2D eigenvalue weighted by Crippen LogP contribution is -2.34. The largest absolute Gasteiger partial charge is 0.507 e. The lowest BCUT2D eigenvalue weighted by atomic mass is 9.78. The minimum Gasteiger partial charge on any atom is -0.507 e. The van der Waals surface area contributed by atoms with Crippen LogP contribution in [0.5, 0.6) is 5.75 Å². The number of para-hydroxylation sites is 1. The van der Waals surface area contributed by atoms with Crippen LogP contribution in [0.3, 0.4) is 0 Å². The topological polar surface area (TPSA) is 78.1 Å². The second kappa shape index (κ2) is 8.92. The monoisotopic (exact) mass is 393 g/mol. The molecule has 0 aliphatic heterocycles. The van der Waals surface area contributed by atoms with E-state index in [-0.39, 0.29) is 17.2 Å². The highest BCUT2D eigenvalue weighted by Crippen LogP contribution is 2.39. The Balaban J connectivity index is 2.31. The molecular weight excluding hydrogens is 366 g/mol. The Hall–Kier alpha value is -3.12. The maximum Gasteiger partial charge on any atom is 0.343 e. The predicted molar refractivity (Wildman–Crippen MR) is 117 cm³/mol. The standard InChI is InChI=1S/C23H27N3O3/c1-15(25-24-2)18(14-26(3)4)20(16-10-6-5-7-11-16)21-22(27)17-12-8-9-13-19(17)29-23(21)28/h5-13,18,20,24,27H,14H2,1-4H3/b25-15+. The molecule has 0 aliphatic rings. The van der Waals surface area contributed by atoms with Gasteiger partial charge in [-0.2, -0.15) is 5.10 Å². The van der Waals surface area contributed by atoms with Crippen molar-refractivity contribution in [2.75, 3.05) is 27.7 Å². The Morgan fingerprint density at radius 3 is 2.45 bits per heavy atom. The van der Waals surface area contributed by atoms with Gasteiger partial charge in [0.25, 0.3) is 0 Å². The average molecular weight is 393 g/mol. The van der Waals surface area contributed by atoms with Crippen LogP contribution in [0.4, 0.5) is 0 Å². The summed E-state index contributed by atoms with van der Waals surface area (Å²) < 4.78 is 5.59. The third kappa shape index (κ3) is 4.32. The predicted octanol–water partition coefficient (Wildman–Crippen LogP) is 3.40. The number of aromatic hydroxyl groups is 1. The van der Waals surface area contributed by atoms with Gasteiger partial charge in [0.15, 0.2) is 0 Å². The zero-order valence-corrected chi connectivity index (χ0v) is 17.2. The van der Waals surface area contributed by atoms with Gasteiger partial charge < -0.3 is 19.8 Å². The third-order valence-electron chi connectivity index (χ3n) is 5.08. The van der Waals surface area contributed by atoms with Crippen LogP contribution in [0.15, 0.2) is 68.9 Å². The lowest BCUT2D eigenvalue weighted by Gasteiger charge is -2.30.